The van der Waals surface area contributed by atoms with E-state index in [4.69, 9.17) is 9.47 Å². The van der Waals surface area contributed by atoms with Crippen molar-refractivity contribution in [1.29, 1.82) is 0 Å². The highest BCUT2D eigenvalue weighted by Gasteiger charge is 2.23. The van der Waals surface area contributed by atoms with E-state index in [2.05, 4.69) is 26.6 Å². The van der Waals surface area contributed by atoms with E-state index in [1.807, 2.05) is 6.92 Å². The molecule has 1 saturated heterocycles. The van der Waals surface area contributed by atoms with E-state index in [0.717, 1.165) is 4.47 Å². The van der Waals surface area contributed by atoms with Crippen LogP contribution in [0.2, 0.25) is 0 Å². The number of hydrogen-bond donors (Lipinski definition) is 2. The molecular formula is C13H13BrN2O4. The summed E-state index contributed by atoms with van der Waals surface area (Å²) in [5.74, 6) is 0.686. The number of benzene rings is 1. The summed E-state index contributed by atoms with van der Waals surface area (Å²) in [4.78, 5) is 22.6. The second kappa shape index (κ2) is 5.96. The van der Waals surface area contributed by atoms with Crippen molar-refractivity contribution in [3.63, 3.8) is 0 Å². The van der Waals surface area contributed by atoms with Crippen LogP contribution in [0.4, 0.5) is 4.79 Å². The summed E-state index contributed by atoms with van der Waals surface area (Å²) in [5.41, 5.74) is 0.880. The zero-order valence-electron chi connectivity index (χ0n) is 11.0. The summed E-state index contributed by atoms with van der Waals surface area (Å²) in [6, 6.07) is 2.94. The highest BCUT2D eigenvalue weighted by atomic mass is 79.9. The summed E-state index contributed by atoms with van der Waals surface area (Å²) in [6.07, 6.45) is 1.56. The number of urea groups is 1. The average Bonchev–Trinajstić information content (AvgIpc) is 2.71. The summed E-state index contributed by atoms with van der Waals surface area (Å²) < 4.78 is 11.4. The van der Waals surface area contributed by atoms with Crippen LogP contribution in [-0.4, -0.2) is 25.7 Å². The van der Waals surface area contributed by atoms with Gasteiger partial charge < -0.3 is 14.8 Å². The number of imide groups is 1. The van der Waals surface area contributed by atoms with Gasteiger partial charge in [0.1, 0.15) is 5.70 Å². The Morgan fingerprint density at radius 2 is 2.00 bits per heavy atom. The third-order valence-corrected chi connectivity index (χ3v) is 3.29. The molecule has 0 bridgehead atoms. The quantitative estimate of drug-likeness (QED) is 0.649. The molecule has 0 saturated carbocycles. The monoisotopic (exact) mass is 340 g/mol. The van der Waals surface area contributed by atoms with Crippen LogP contribution in [0.3, 0.4) is 0 Å². The largest absolute Gasteiger partial charge is 0.493 e. The normalized spacial score (nSPS) is 16.1. The van der Waals surface area contributed by atoms with Crippen molar-refractivity contribution in [2.24, 2.45) is 0 Å². The molecule has 1 aliphatic rings. The van der Waals surface area contributed by atoms with Crippen molar-refractivity contribution < 1.29 is 19.1 Å². The molecule has 1 aromatic rings. The minimum atomic E-state index is -0.532. The number of nitrogens with one attached hydrogen (secondary N) is 2. The van der Waals surface area contributed by atoms with Gasteiger partial charge in [0.15, 0.2) is 11.5 Å². The summed E-state index contributed by atoms with van der Waals surface area (Å²) in [5, 5.41) is 4.57. The van der Waals surface area contributed by atoms with Gasteiger partial charge in [-0.1, -0.05) is 15.9 Å². The van der Waals surface area contributed by atoms with Gasteiger partial charge in [0.05, 0.1) is 13.7 Å². The predicted molar refractivity (Wildman–Crippen MR) is 76.5 cm³/mol. The van der Waals surface area contributed by atoms with Crippen molar-refractivity contribution in [2.45, 2.75) is 6.92 Å². The Kier molecular flexibility index (Phi) is 4.29. The summed E-state index contributed by atoms with van der Waals surface area (Å²) >= 11 is 3.39. The molecule has 2 N–H and O–H groups in total. The first kappa shape index (κ1) is 14.4. The molecule has 0 aromatic heterocycles. The third-order valence-electron chi connectivity index (χ3n) is 2.60. The van der Waals surface area contributed by atoms with E-state index >= 15 is 0 Å². The first-order valence-electron chi connectivity index (χ1n) is 5.89. The average molecular weight is 341 g/mol. The fourth-order valence-corrected chi connectivity index (χ4v) is 2.16. The molecular weight excluding hydrogens is 328 g/mol. The molecule has 1 aliphatic heterocycles. The van der Waals surface area contributed by atoms with Crippen LogP contribution in [0.1, 0.15) is 12.5 Å². The Balaban J connectivity index is 2.41. The van der Waals surface area contributed by atoms with Gasteiger partial charge in [0.2, 0.25) is 0 Å². The second-order valence-corrected chi connectivity index (χ2v) is 4.78. The molecule has 0 aliphatic carbocycles. The predicted octanol–water partition coefficient (Wildman–Crippen LogP) is 2.04. The van der Waals surface area contributed by atoms with E-state index in [1.54, 1.807) is 25.3 Å². The van der Waals surface area contributed by atoms with Crippen molar-refractivity contribution in [2.75, 3.05) is 13.7 Å². The molecule has 3 amide bonds. The van der Waals surface area contributed by atoms with E-state index in [-0.39, 0.29) is 5.70 Å². The molecule has 0 radical (unpaired) electrons. The minimum absolute atomic E-state index is 0.184. The molecule has 6 nitrogen and oxygen atoms in total. The molecule has 0 atom stereocenters. The lowest BCUT2D eigenvalue weighted by molar-refractivity contribution is -0.115. The number of rotatable bonds is 4. The maximum absolute atomic E-state index is 11.5. The van der Waals surface area contributed by atoms with Crippen LogP contribution in [0.25, 0.3) is 6.08 Å². The highest BCUT2D eigenvalue weighted by Crippen LogP contribution is 2.34. The number of ether oxygens (including phenoxy) is 2. The van der Waals surface area contributed by atoms with E-state index in [9.17, 15) is 9.59 Å². The Bertz CT molecular complexity index is 598. The number of carbonyl (C=O) groups is 2. The first-order valence-corrected chi connectivity index (χ1v) is 6.68. The fraction of sp³-hybridized carbons (Fsp3) is 0.231. The van der Waals surface area contributed by atoms with Crippen LogP contribution in [0.5, 0.6) is 11.5 Å². The lowest BCUT2D eigenvalue weighted by atomic mass is 10.1. The maximum Gasteiger partial charge on any atom is 0.326 e. The van der Waals surface area contributed by atoms with Crippen LogP contribution in [-0.2, 0) is 4.79 Å². The standard InChI is InChI=1S/C13H13BrN2O4/c1-3-20-11-5-7(8(14)6-10(11)19-2)4-9-12(17)16-13(18)15-9/h4-6H,3H2,1-2H3,(H2,15,16,17,18)/b9-4+. The van der Waals surface area contributed by atoms with E-state index < -0.39 is 11.9 Å². The van der Waals surface area contributed by atoms with Gasteiger partial charge in [0, 0.05) is 4.47 Å². The zero-order valence-corrected chi connectivity index (χ0v) is 12.5. The van der Waals surface area contributed by atoms with Crippen LogP contribution < -0.4 is 20.1 Å². The molecule has 0 spiro atoms. The Hall–Kier alpha value is -2.02. The molecule has 7 heteroatoms. The highest BCUT2D eigenvalue weighted by molar-refractivity contribution is 9.10. The smallest absolute Gasteiger partial charge is 0.326 e. The van der Waals surface area contributed by atoms with Gasteiger partial charge in [-0.2, -0.15) is 0 Å². The number of hydrogen-bond acceptors (Lipinski definition) is 4. The van der Waals surface area contributed by atoms with Crippen LogP contribution >= 0.6 is 15.9 Å². The maximum atomic E-state index is 11.5. The van der Waals surface area contributed by atoms with Crippen molar-refractivity contribution >= 4 is 33.9 Å². The molecule has 0 unspecified atom stereocenters. The van der Waals surface area contributed by atoms with Crippen LogP contribution in [0, 0.1) is 0 Å². The van der Waals surface area contributed by atoms with Gasteiger partial charge >= 0.3 is 6.03 Å². The van der Waals surface area contributed by atoms with Gasteiger partial charge in [-0.05, 0) is 30.7 Å². The van der Waals surface area contributed by atoms with Crippen molar-refractivity contribution in [3.8, 4) is 11.5 Å². The zero-order chi connectivity index (χ0) is 14.7. The molecule has 1 heterocycles. The SMILES string of the molecule is CCOc1cc(/C=C2/NC(=O)NC2=O)c(Br)cc1OC. The third kappa shape index (κ3) is 2.93. The number of halogens is 1. The Labute approximate surface area is 124 Å². The topological polar surface area (TPSA) is 76.7 Å². The number of amides is 3. The molecule has 1 fully saturated rings. The van der Waals surface area contributed by atoms with Gasteiger partial charge in [-0.3, -0.25) is 10.1 Å². The fourth-order valence-electron chi connectivity index (χ4n) is 1.73. The minimum Gasteiger partial charge on any atom is -0.493 e. The van der Waals surface area contributed by atoms with Crippen LogP contribution in [0.15, 0.2) is 22.3 Å². The molecule has 2 rings (SSSR count). The van der Waals surface area contributed by atoms with Gasteiger partial charge in [-0.25, -0.2) is 4.79 Å². The lowest BCUT2D eigenvalue weighted by Crippen LogP contribution is -2.22. The molecule has 106 valence electrons. The molecule has 1 aromatic carbocycles. The Morgan fingerprint density at radius 3 is 2.55 bits per heavy atom. The Morgan fingerprint density at radius 1 is 1.25 bits per heavy atom. The number of methoxy groups -OCH3 is 1. The molecule has 20 heavy (non-hydrogen) atoms. The van der Waals surface area contributed by atoms with Gasteiger partial charge in [-0.15, -0.1) is 0 Å². The lowest BCUT2D eigenvalue weighted by Gasteiger charge is -2.11. The van der Waals surface area contributed by atoms with E-state index in [0.29, 0.717) is 23.7 Å². The number of carbonyl (C=O) groups excluding carboxylic acids is 2. The summed E-state index contributed by atoms with van der Waals surface area (Å²) in [6.45, 7) is 2.36. The second-order valence-electron chi connectivity index (χ2n) is 3.92. The summed E-state index contributed by atoms with van der Waals surface area (Å²) in [7, 11) is 1.55. The first-order chi connectivity index (χ1) is 9.55. The van der Waals surface area contributed by atoms with Gasteiger partial charge in [0.25, 0.3) is 5.91 Å². The van der Waals surface area contributed by atoms with E-state index in [1.165, 1.54) is 0 Å². The van der Waals surface area contributed by atoms with Crippen molar-refractivity contribution in [3.05, 3.63) is 27.9 Å². The van der Waals surface area contributed by atoms with Crippen molar-refractivity contribution in [1.82, 2.24) is 10.6 Å².